The van der Waals surface area contributed by atoms with E-state index in [0.29, 0.717) is 23.9 Å². The van der Waals surface area contributed by atoms with E-state index in [9.17, 15) is 19.4 Å². The summed E-state index contributed by atoms with van der Waals surface area (Å²) in [5, 5.41) is 14.0. The monoisotopic (exact) mass is 993 g/mol. The first-order valence-corrected chi connectivity index (χ1v) is 31.3. The number of carbonyl (C=O) groups excluding carboxylic acids is 1. The summed E-state index contributed by atoms with van der Waals surface area (Å²) in [5.74, 6) is -0.161. The quantitative estimate of drug-likeness (QED) is 0.0272. The van der Waals surface area contributed by atoms with Crippen molar-refractivity contribution in [2.45, 2.75) is 302 Å². The van der Waals surface area contributed by atoms with Gasteiger partial charge in [-0.25, -0.2) is 0 Å². The Balaban J connectivity index is 3.99. The Kier molecular flexibility index (Phi) is 50.7. The van der Waals surface area contributed by atoms with Crippen molar-refractivity contribution < 1.29 is 32.9 Å². The van der Waals surface area contributed by atoms with Gasteiger partial charge in [-0.15, -0.1) is 0 Å². The number of rotatable bonds is 55. The summed E-state index contributed by atoms with van der Waals surface area (Å²) in [6, 6.07) is -0.799. The molecule has 0 aromatic carbocycles. The molecule has 3 unspecified atom stereocenters. The number of aliphatic hydroxyl groups is 1. The summed E-state index contributed by atoms with van der Waals surface area (Å²) in [6.07, 6.45) is 66.2. The fraction of sp³-hybridized carbons (Fsp3) is 0.883. The Morgan fingerprint density at radius 2 is 0.841 bits per heavy atom. The van der Waals surface area contributed by atoms with Gasteiger partial charge in [0.05, 0.1) is 39.9 Å². The van der Waals surface area contributed by atoms with Crippen LogP contribution in [-0.4, -0.2) is 68.5 Å². The van der Waals surface area contributed by atoms with E-state index < -0.39 is 20.0 Å². The zero-order valence-electron chi connectivity index (χ0n) is 46.5. The molecule has 0 rings (SSSR count). The van der Waals surface area contributed by atoms with E-state index >= 15 is 0 Å². The molecule has 3 atom stereocenters. The molecule has 0 aliphatic rings. The summed E-state index contributed by atoms with van der Waals surface area (Å²) in [7, 11) is 1.31. The van der Waals surface area contributed by atoms with Gasteiger partial charge >= 0.3 is 0 Å². The van der Waals surface area contributed by atoms with Gasteiger partial charge in [-0.3, -0.25) is 9.36 Å². The molecule has 2 N–H and O–H groups in total. The van der Waals surface area contributed by atoms with Crippen LogP contribution in [0.1, 0.15) is 290 Å². The predicted octanol–water partition coefficient (Wildman–Crippen LogP) is 17.5. The molecule has 0 radical (unpaired) electrons. The van der Waals surface area contributed by atoms with E-state index in [1.54, 1.807) is 0 Å². The number of quaternary nitrogens is 1. The third kappa shape index (κ3) is 54.3. The summed E-state index contributed by atoms with van der Waals surface area (Å²) < 4.78 is 23.4. The lowest BCUT2D eigenvalue weighted by Crippen LogP contribution is -2.46. The van der Waals surface area contributed by atoms with Crippen LogP contribution in [0.5, 0.6) is 0 Å². The zero-order valence-corrected chi connectivity index (χ0v) is 47.4. The summed E-state index contributed by atoms with van der Waals surface area (Å²) in [4.78, 5) is 25.5. The first kappa shape index (κ1) is 67.7. The van der Waals surface area contributed by atoms with Gasteiger partial charge in [0.25, 0.3) is 7.82 Å². The third-order valence-electron chi connectivity index (χ3n) is 13.6. The van der Waals surface area contributed by atoms with Crippen LogP contribution in [0.4, 0.5) is 0 Å². The third-order valence-corrected chi connectivity index (χ3v) is 14.6. The SMILES string of the molecule is CCCCCCC/C=C\C/C=C\C/C=C\CCCCCCCCCCCCCCCCCCCCC(=O)NC(COP(=O)([O-])OCC[N+](C)(C)C)C(O)CCCCCCCCCCCCCCCC. The Labute approximate surface area is 429 Å². The topological polar surface area (TPSA) is 108 Å². The highest BCUT2D eigenvalue weighted by Gasteiger charge is 2.24. The van der Waals surface area contributed by atoms with Crippen molar-refractivity contribution >= 4 is 13.7 Å². The number of nitrogens with one attached hydrogen (secondary N) is 1. The highest BCUT2D eigenvalue weighted by Crippen LogP contribution is 2.38. The zero-order chi connectivity index (χ0) is 50.6. The van der Waals surface area contributed by atoms with E-state index in [4.69, 9.17) is 9.05 Å². The maximum Gasteiger partial charge on any atom is 0.268 e. The van der Waals surface area contributed by atoms with Crippen LogP contribution in [0.25, 0.3) is 0 Å². The Hall–Kier alpha value is -1.28. The molecule has 0 saturated heterocycles. The minimum atomic E-state index is -4.57. The molecule has 8 nitrogen and oxygen atoms in total. The van der Waals surface area contributed by atoms with Crippen LogP contribution in [0, 0.1) is 0 Å². The standard InChI is InChI=1S/C60H117N2O6P/c1-6-8-10-12-14-16-18-20-22-23-24-25-26-27-28-29-30-31-32-33-34-35-36-37-38-39-40-42-44-46-48-50-52-54-60(64)61-58(57-68-69(65,66)67-56-55-62(3,4)5)59(63)53-51-49-47-45-43-41-21-19-17-15-13-11-9-7-2/h18,20,23-24,26-27,58-59,63H,6-17,19,21-22,25,28-57H2,1-5H3,(H-,61,64,65,66)/b20-18-,24-23-,27-26-. The smallest absolute Gasteiger partial charge is 0.268 e. The minimum Gasteiger partial charge on any atom is -0.756 e. The van der Waals surface area contributed by atoms with E-state index in [1.165, 1.54) is 212 Å². The molecule has 1 amide bonds. The van der Waals surface area contributed by atoms with E-state index in [1.807, 2.05) is 21.1 Å². The number of hydrogen-bond donors (Lipinski definition) is 2. The number of allylic oxidation sites excluding steroid dienone is 6. The van der Waals surface area contributed by atoms with Crippen LogP contribution in [0.15, 0.2) is 36.5 Å². The van der Waals surface area contributed by atoms with Crippen molar-refractivity contribution in [3.63, 3.8) is 0 Å². The maximum absolute atomic E-state index is 13.0. The Morgan fingerprint density at radius 1 is 0.507 bits per heavy atom. The molecular formula is C60H117N2O6P. The highest BCUT2D eigenvalue weighted by molar-refractivity contribution is 7.45. The molecule has 0 spiro atoms. The van der Waals surface area contributed by atoms with Gasteiger partial charge in [0.1, 0.15) is 13.2 Å². The molecule has 0 aliphatic carbocycles. The number of phosphoric acid groups is 1. The highest BCUT2D eigenvalue weighted by atomic mass is 31.2. The first-order valence-electron chi connectivity index (χ1n) is 29.8. The number of unbranched alkanes of at least 4 members (excludes halogenated alkanes) is 36. The number of phosphoric ester groups is 1. The second-order valence-corrected chi connectivity index (χ2v) is 23.1. The second-order valence-electron chi connectivity index (χ2n) is 21.7. The molecule has 408 valence electrons. The van der Waals surface area contributed by atoms with Crippen molar-refractivity contribution in [1.82, 2.24) is 5.32 Å². The molecule has 0 aromatic heterocycles. The number of hydrogen-bond acceptors (Lipinski definition) is 6. The lowest BCUT2D eigenvalue weighted by atomic mass is 10.0. The van der Waals surface area contributed by atoms with Crippen LogP contribution in [0.3, 0.4) is 0 Å². The van der Waals surface area contributed by atoms with Gasteiger partial charge in [0.2, 0.25) is 5.91 Å². The molecule has 0 aliphatic heterocycles. The summed E-state index contributed by atoms with van der Waals surface area (Å²) in [6.45, 7) is 4.73. The van der Waals surface area contributed by atoms with E-state index in [2.05, 4.69) is 55.6 Å². The fourth-order valence-electron chi connectivity index (χ4n) is 8.93. The van der Waals surface area contributed by atoms with Gasteiger partial charge in [0, 0.05) is 6.42 Å². The van der Waals surface area contributed by atoms with Crippen molar-refractivity contribution in [2.24, 2.45) is 0 Å². The Morgan fingerprint density at radius 3 is 1.22 bits per heavy atom. The summed E-state index contributed by atoms with van der Waals surface area (Å²) in [5.41, 5.74) is 0. The van der Waals surface area contributed by atoms with Crippen LogP contribution in [-0.2, 0) is 18.4 Å². The fourth-order valence-corrected chi connectivity index (χ4v) is 9.66. The lowest BCUT2D eigenvalue weighted by Gasteiger charge is -2.30. The molecule has 0 saturated carbocycles. The normalized spacial score (nSPS) is 14.1. The number of aliphatic hydroxyl groups excluding tert-OH is 1. The molecule has 0 fully saturated rings. The summed E-state index contributed by atoms with van der Waals surface area (Å²) >= 11 is 0. The van der Waals surface area contributed by atoms with Gasteiger partial charge in [0.15, 0.2) is 0 Å². The average molecular weight is 994 g/mol. The van der Waals surface area contributed by atoms with Gasteiger partial charge in [-0.1, -0.05) is 269 Å². The second kappa shape index (κ2) is 51.6. The number of amides is 1. The maximum atomic E-state index is 13.0. The molecule has 69 heavy (non-hydrogen) atoms. The van der Waals surface area contributed by atoms with Gasteiger partial charge in [-0.2, -0.15) is 0 Å². The van der Waals surface area contributed by atoms with Crippen molar-refractivity contribution in [1.29, 1.82) is 0 Å². The van der Waals surface area contributed by atoms with Crippen molar-refractivity contribution in [2.75, 3.05) is 40.9 Å². The molecule has 9 heteroatoms. The van der Waals surface area contributed by atoms with E-state index in [0.717, 1.165) is 51.4 Å². The number of carbonyl (C=O) groups is 1. The first-order chi connectivity index (χ1) is 33.5. The van der Waals surface area contributed by atoms with Crippen LogP contribution >= 0.6 is 7.82 Å². The lowest BCUT2D eigenvalue weighted by molar-refractivity contribution is -0.870. The molecule has 0 aromatic rings. The largest absolute Gasteiger partial charge is 0.756 e. The number of nitrogens with zero attached hydrogens (tertiary/aromatic N) is 1. The molecule has 0 heterocycles. The minimum absolute atomic E-state index is 0.0136. The van der Waals surface area contributed by atoms with Gasteiger partial charge in [-0.05, 0) is 51.4 Å². The Bertz CT molecular complexity index is 1220. The van der Waals surface area contributed by atoms with Crippen LogP contribution < -0.4 is 10.2 Å². The van der Waals surface area contributed by atoms with Crippen LogP contribution in [0.2, 0.25) is 0 Å². The average Bonchev–Trinajstić information content (AvgIpc) is 3.31. The molecule has 0 bridgehead atoms. The van der Waals surface area contributed by atoms with Gasteiger partial charge < -0.3 is 28.8 Å². The van der Waals surface area contributed by atoms with Crippen molar-refractivity contribution in [3.05, 3.63) is 36.5 Å². The number of likely N-dealkylation sites (N-methyl/N-ethyl adjacent to an activating group) is 1. The van der Waals surface area contributed by atoms with Crippen molar-refractivity contribution in [3.8, 4) is 0 Å². The van der Waals surface area contributed by atoms with E-state index in [-0.39, 0.29) is 19.1 Å². The molecular weight excluding hydrogens is 876 g/mol. The predicted molar refractivity (Wildman–Crippen MR) is 298 cm³/mol.